The highest BCUT2D eigenvalue weighted by Gasteiger charge is 2.26. The van der Waals surface area contributed by atoms with Gasteiger partial charge in [-0.2, -0.15) is 0 Å². The maximum absolute atomic E-state index is 6.12. The first-order valence-electron chi connectivity index (χ1n) is 7.48. The lowest BCUT2D eigenvalue weighted by Gasteiger charge is -2.37. The highest BCUT2D eigenvalue weighted by atomic mass is 35.5. The molecule has 0 saturated heterocycles. The van der Waals surface area contributed by atoms with Crippen LogP contribution in [-0.2, 0) is 17.8 Å². The molecule has 1 aliphatic rings. The fraction of sp³-hybridized carbons (Fsp3) is 0.412. The van der Waals surface area contributed by atoms with Crippen molar-refractivity contribution in [3.8, 4) is 0 Å². The molecule has 2 aromatic rings. The minimum atomic E-state index is 0.269. The van der Waals surface area contributed by atoms with Gasteiger partial charge >= 0.3 is 0 Å². The monoisotopic (exact) mass is 317 g/mol. The Bertz CT molecular complexity index is 690. The summed E-state index contributed by atoms with van der Waals surface area (Å²) in [5.41, 5.74) is 4.67. The Balaban J connectivity index is 2.02. The summed E-state index contributed by atoms with van der Waals surface area (Å²) >= 11 is 6.12. The van der Waals surface area contributed by atoms with Crippen LogP contribution < -0.4 is 4.90 Å². The lowest BCUT2D eigenvalue weighted by Crippen LogP contribution is -2.35. The molecule has 1 aliphatic heterocycles. The maximum Gasteiger partial charge on any atom is 0.224 e. The third-order valence-electron chi connectivity index (χ3n) is 4.34. The molecular formula is C17H20ClN3O. The lowest BCUT2D eigenvalue weighted by molar-refractivity contribution is 0.181. The normalized spacial score (nSPS) is 17.5. The van der Waals surface area contributed by atoms with Crippen molar-refractivity contribution in [2.75, 3.05) is 18.6 Å². The second-order valence-electron chi connectivity index (χ2n) is 5.64. The van der Waals surface area contributed by atoms with Gasteiger partial charge in [0.1, 0.15) is 5.82 Å². The number of hydrogen-bond donors (Lipinski definition) is 0. The Morgan fingerprint density at radius 3 is 2.86 bits per heavy atom. The van der Waals surface area contributed by atoms with Gasteiger partial charge in [0.25, 0.3) is 0 Å². The van der Waals surface area contributed by atoms with Gasteiger partial charge in [-0.3, -0.25) is 0 Å². The van der Waals surface area contributed by atoms with Gasteiger partial charge in [-0.1, -0.05) is 24.3 Å². The SMILES string of the molecule is COCc1nc(Cl)nc(N2CCc3ccccc3C2C)c1C. The second-order valence-corrected chi connectivity index (χ2v) is 5.98. The summed E-state index contributed by atoms with van der Waals surface area (Å²) in [6.07, 6.45) is 1.02. The van der Waals surface area contributed by atoms with Crippen molar-refractivity contribution in [3.05, 3.63) is 51.9 Å². The third-order valence-corrected chi connectivity index (χ3v) is 4.51. The summed E-state index contributed by atoms with van der Waals surface area (Å²) in [5.74, 6) is 0.911. The Hall–Kier alpha value is -1.65. The first kappa shape index (κ1) is 15.3. The first-order valence-corrected chi connectivity index (χ1v) is 7.86. The van der Waals surface area contributed by atoms with Crippen LogP contribution in [0, 0.1) is 6.92 Å². The van der Waals surface area contributed by atoms with E-state index in [2.05, 4.69) is 46.1 Å². The lowest BCUT2D eigenvalue weighted by atomic mass is 9.93. The number of nitrogens with zero attached hydrogens (tertiary/aromatic N) is 3. The van der Waals surface area contributed by atoms with Crippen LogP contribution in [0.3, 0.4) is 0 Å². The molecule has 22 heavy (non-hydrogen) atoms. The van der Waals surface area contributed by atoms with Gasteiger partial charge < -0.3 is 9.64 Å². The zero-order valence-electron chi connectivity index (χ0n) is 13.1. The number of fused-ring (bicyclic) bond motifs is 1. The number of benzene rings is 1. The van der Waals surface area contributed by atoms with Crippen molar-refractivity contribution in [3.63, 3.8) is 0 Å². The number of anilines is 1. The Morgan fingerprint density at radius 1 is 1.32 bits per heavy atom. The van der Waals surface area contributed by atoms with Gasteiger partial charge in [0, 0.05) is 19.2 Å². The number of halogens is 1. The van der Waals surface area contributed by atoms with Crippen molar-refractivity contribution < 1.29 is 4.74 Å². The molecule has 0 bridgehead atoms. The molecule has 0 aliphatic carbocycles. The van der Waals surface area contributed by atoms with Crippen LogP contribution in [0.2, 0.25) is 5.28 Å². The largest absolute Gasteiger partial charge is 0.378 e. The molecular weight excluding hydrogens is 298 g/mol. The highest BCUT2D eigenvalue weighted by Crippen LogP contribution is 2.34. The van der Waals surface area contributed by atoms with Gasteiger partial charge in [-0.15, -0.1) is 0 Å². The summed E-state index contributed by atoms with van der Waals surface area (Å²) in [6.45, 7) is 5.62. The average molecular weight is 318 g/mol. The van der Waals surface area contributed by atoms with Crippen LogP contribution in [0.1, 0.15) is 35.3 Å². The molecule has 0 amide bonds. The number of hydrogen-bond acceptors (Lipinski definition) is 4. The molecule has 1 unspecified atom stereocenters. The molecule has 0 N–H and O–H groups in total. The summed E-state index contributed by atoms with van der Waals surface area (Å²) in [6, 6.07) is 8.87. The van der Waals surface area contributed by atoms with E-state index in [1.807, 2.05) is 6.92 Å². The van der Waals surface area contributed by atoms with Crippen LogP contribution in [0.25, 0.3) is 0 Å². The van der Waals surface area contributed by atoms with Crippen molar-refractivity contribution in [1.82, 2.24) is 9.97 Å². The third kappa shape index (κ3) is 2.69. The number of aromatic nitrogens is 2. The molecule has 5 heteroatoms. The molecule has 2 heterocycles. The van der Waals surface area contributed by atoms with E-state index in [0.29, 0.717) is 6.61 Å². The quantitative estimate of drug-likeness (QED) is 0.809. The summed E-state index contributed by atoms with van der Waals surface area (Å²) in [7, 11) is 1.66. The van der Waals surface area contributed by atoms with Gasteiger partial charge in [0.15, 0.2) is 0 Å². The van der Waals surface area contributed by atoms with Crippen molar-refractivity contribution in [2.24, 2.45) is 0 Å². The zero-order chi connectivity index (χ0) is 15.7. The van der Waals surface area contributed by atoms with Gasteiger partial charge in [-0.25, -0.2) is 9.97 Å². The first-order chi connectivity index (χ1) is 10.6. The van der Waals surface area contributed by atoms with Crippen molar-refractivity contribution >= 4 is 17.4 Å². The van der Waals surface area contributed by atoms with Crippen LogP contribution in [0.5, 0.6) is 0 Å². The minimum absolute atomic E-state index is 0.269. The van der Waals surface area contributed by atoms with Crippen LogP contribution in [0.4, 0.5) is 5.82 Å². The number of rotatable bonds is 3. The summed E-state index contributed by atoms with van der Waals surface area (Å²) < 4.78 is 5.22. The molecule has 0 fully saturated rings. The number of methoxy groups -OCH3 is 1. The van der Waals surface area contributed by atoms with E-state index in [4.69, 9.17) is 16.3 Å². The standard InChI is InChI=1S/C17H20ClN3O/c1-11-15(10-22-3)19-17(18)20-16(11)21-9-8-13-6-4-5-7-14(13)12(21)2/h4-7,12H,8-10H2,1-3H3. The molecule has 4 nitrogen and oxygen atoms in total. The van der Waals surface area contributed by atoms with Crippen LogP contribution in [0.15, 0.2) is 24.3 Å². The summed E-state index contributed by atoms with van der Waals surface area (Å²) in [5, 5.41) is 0.277. The topological polar surface area (TPSA) is 38.3 Å². The Labute approximate surface area is 136 Å². The van der Waals surface area contributed by atoms with Gasteiger partial charge in [-0.05, 0) is 43.0 Å². The summed E-state index contributed by atoms with van der Waals surface area (Å²) in [4.78, 5) is 11.1. The smallest absolute Gasteiger partial charge is 0.224 e. The maximum atomic E-state index is 6.12. The Kier molecular flexibility index (Phi) is 4.32. The van der Waals surface area contributed by atoms with Crippen molar-refractivity contribution in [1.29, 1.82) is 0 Å². The van der Waals surface area contributed by atoms with Gasteiger partial charge in [0.05, 0.1) is 18.3 Å². The molecule has 0 radical (unpaired) electrons. The average Bonchev–Trinajstić information content (AvgIpc) is 2.52. The fourth-order valence-corrected chi connectivity index (χ4v) is 3.32. The molecule has 1 aromatic heterocycles. The Morgan fingerprint density at radius 2 is 2.09 bits per heavy atom. The number of ether oxygens (including phenoxy) is 1. The molecule has 0 saturated carbocycles. The fourth-order valence-electron chi connectivity index (χ4n) is 3.14. The predicted octanol–water partition coefficient (Wildman–Crippen LogP) is 3.71. The van der Waals surface area contributed by atoms with E-state index in [0.717, 1.165) is 30.0 Å². The molecule has 116 valence electrons. The van der Waals surface area contributed by atoms with E-state index in [1.54, 1.807) is 7.11 Å². The van der Waals surface area contributed by atoms with E-state index in [9.17, 15) is 0 Å². The molecule has 1 aromatic carbocycles. The minimum Gasteiger partial charge on any atom is -0.378 e. The zero-order valence-corrected chi connectivity index (χ0v) is 13.9. The molecule has 1 atom stereocenters. The van der Waals surface area contributed by atoms with Crippen molar-refractivity contribution in [2.45, 2.75) is 32.9 Å². The van der Waals surface area contributed by atoms with E-state index in [-0.39, 0.29) is 11.3 Å². The second kappa shape index (κ2) is 6.23. The highest BCUT2D eigenvalue weighted by molar-refractivity contribution is 6.28. The molecule has 0 spiro atoms. The van der Waals surface area contributed by atoms with E-state index < -0.39 is 0 Å². The van der Waals surface area contributed by atoms with E-state index >= 15 is 0 Å². The predicted molar refractivity (Wildman–Crippen MR) is 88.4 cm³/mol. The van der Waals surface area contributed by atoms with Crippen LogP contribution in [-0.4, -0.2) is 23.6 Å². The van der Waals surface area contributed by atoms with Crippen LogP contribution >= 0.6 is 11.6 Å². The van der Waals surface area contributed by atoms with E-state index in [1.165, 1.54) is 11.1 Å². The molecule has 3 rings (SSSR count). The van der Waals surface area contributed by atoms with Gasteiger partial charge in [0.2, 0.25) is 5.28 Å².